The van der Waals surface area contributed by atoms with Crippen LogP contribution in [0.1, 0.15) is 48.0 Å². The minimum absolute atomic E-state index is 0.00715. The molecule has 1 aliphatic rings. The van der Waals surface area contributed by atoms with E-state index in [0.717, 1.165) is 12.1 Å². The number of carbonyl (C=O) groups is 1. The SMILES string of the molecule is Cc1ccc(C(=O)NCC2CCCCC2)cc1N. The number of benzene rings is 1. The van der Waals surface area contributed by atoms with Crippen molar-refractivity contribution in [2.24, 2.45) is 5.92 Å². The van der Waals surface area contributed by atoms with Crippen molar-refractivity contribution in [2.45, 2.75) is 39.0 Å². The van der Waals surface area contributed by atoms with Crippen molar-refractivity contribution in [3.8, 4) is 0 Å². The van der Waals surface area contributed by atoms with Crippen molar-refractivity contribution < 1.29 is 4.79 Å². The number of aryl methyl sites for hydroxylation is 1. The second-order valence-electron chi connectivity index (χ2n) is 5.29. The summed E-state index contributed by atoms with van der Waals surface area (Å²) in [5.41, 5.74) is 8.17. The minimum Gasteiger partial charge on any atom is -0.398 e. The van der Waals surface area contributed by atoms with Crippen molar-refractivity contribution >= 4 is 11.6 Å². The lowest BCUT2D eigenvalue weighted by Crippen LogP contribution is -2.30. The number of hydrogen-bond acceptors (Lipinski definition) is 2. The van der Waals surface area contributed by atoms with E-state index in [1.807, 2.05) is 19.1 Å². The van der Waals surface area contributed by atoms with Crippen LogP contribution in [0.5, 0.6) is 0 Å². The molecule has 0 atom stereocenters. The highest BCUT2D eigenvalue weighted by molar-refractivity contribution is 5.95. The van der Waals surface area contributed by atoms with Crippen LogP contribution in [0.3, 0.4) is 0 Å². The van der Waals surface area contributed by atoms with E-state index in [0.29, 0.717) is 17.2 Å². The van der Waals surface area contributed by atoms with Gasteiger partial charge in [-0.3, -0.25) is 4.79 Å². The summed E-state index contributed by atoms with van der Waals surface area (Å²) < 4.78 is 0. The van der Waals surface area contributed by atoms with E-state index in [-0.39, 0.29) is 5.91 Å². The Kier molecular flexibility index (Phi) is 4.24. The molecular formula is C15H22N2O. The van der Waals surface area contributed by atoms with Gasteiger partial charge in [0, 0.05) is 17.8 Å². The van der Waals surface area contributed by atoms with Crippen LogP contribution in [0.4, 0.5) is 5.69 Å². The molecule has 1 fully saturated rings. The van der Waals surface area contributed by atoms with Gasteiger partial charge in [-0.2, -0.15) is 0 Å². The molecule has 0 unspecified atom stereocenters. The Bertz CT molecular complexity index is 423. The van der Waals surface area contributed by atoms with Crippen molar-refractivity contribution in [3.05, 3.63) is 29.3 Å². The minimum atomic E-state index is -0.00715. The average Bonchev–Trinajstić information content (AvgIpc) is 2.40. The fourth-order valence-electron chi connectivity index (χ4n) is 2.51. The van der Waals surface area contributed by atoms with Gasteiger partial charge in [0.25, 0.3) is 5.91 Å². The summed E-state index contributed by atoms with van der Waals surface area (Å²) in [7, 11) is 0. The summed E-state index contributed by atoms with van der Waals surface area (Å²) in [5, 5.41) is 3.02. The zero-order valence-corrected chi connectivity index (χ0v) is 11.0. The fraction of sp³-hybridized carbons (Fsp3) is 0.533. The van der Waals surface area contributed by atoms with Crippen LogP contribution < -0.4 is 11.1 Å². The topological polar surface area (TPSA) is 55.1 Å². The quantitative estimate of drug-likeness (QED) is 0.806. The van der Waals surface area contributed by atoms with Gasteiger partial charge >= 0.3 is 0 Å². The molecule has 0 aliphatic heterocycles. The molecule has 0 saturated heterocycles. The highest BCUT2D eigenvalue weighted by atomic mass is 16.1. The molecule has 98 valence electrons. The lowest BCUT2D eigenvalue weighted by molar-refractivity contribution is 0.0943. The van der Waals surface area contributed by atoms with Crippen molar-refractivity contribution in [3.63, 3.8) is 0 Å². The third-order valence-corrected chi connectivity index (χ3v) is 3.82. The lowest BCUT2D eigenvalue weighted by Gasteiger charge is -2.21. The van der Waals surface area contributed by atoms with Crippen LogP contribution in [0, 0.1) is 12.8 Å². The van der Waals surface area contributed by atoms with Crippen molar-refractivity contribution in [1.29, 1.82) is 0 Å². The van der Waals surface area contributed by atoms with E-state index in [9.17, 15) is 4.79 Å². The Morgan fingerprint density at radius 3 is 2.72 bits per heavy atom. The third-order valence-electron chi connectivity index (χ3n) is 3.82. The van der Waals surface area contributed by atoms with Crippen molar-refractivity contribution in [2.75, 3.05) is 12.3 Å². The molecule has 0 radical (unpaired) electrons. The first-order valence-corrected chi connectivity index (χ1v) is 6.81. The lowest BCUT2D eigenvalue weighted by atomic mass is 9.89. The van der Waals surface area contributed by atoms with E-state index in [4.69, 9.17) is 5.73 Å². The van der Waals surface area contributed by atoms with E-state index >= 15 is 0 Å². The molecule has 1 amide bonds. The first-order chi connectivity index (χ1) is 8.66. The van der Waals surface area contributed by atoms with Crippen LogP contribution in [0.25, 0.3) is 0 Å². The van der Waals surface area contributed by atoms with Gasteiger partial charge in [-0.1, -0.05) is 25.3 Å². The Morgan fingerprint density at radius 1 is 1.33 bits per heavy atom. The summed E-state index contributed by atoms with van der Waals surface area (Å²) in [6.07, 6.45) is 6.45. The maximum absolute atomic E-state index is 12.0. The second kappa shape index (κ2) is 5.89. The monoisotopic (exact) mass is 246 g/mol. The molecule has 0 aromatic heterocycles. The maximum Gasteiger partial charge on any atom is 0.251 e. The Balaban J connectivity index is 1.88. The molecule has 2 rings (SSSR count). The molecule has 3 N–H and O–H groups in total. The molecule has 1 aromatic rings. The van der Waals surface area contributed by atoms with Crippen LogP contribution >= 0.6 is 0 Å². The predicted octanol–water partition coefficient (Wildman–Crippen LogP) is 2.89. The number of nitrogen functional groups attached to an aromatic ring is 1. The molecule has 3 nitrogen and oxygen atoms in total. The molecule has 3 heteroatoms. The number of rotatable bonds is 3. The molecule has 0 spiro atoms. The molecule has 1 aliphatic carbocycles. The highest BCUT2D eigenvalue weighted by Crippen LogP contribution is 2.22. The van der Waals surface area contributed by atoms with E-state index in [2.05, 4.69) is 5.32 Å². The maximum atomic E-state index is 12.0. The van der Waals surface area contributed by atoms with Gasteiger partial charge in [-0.05, 0) is 43.4 Å². The van der Waals surface area contributed by atoms with Gasteiger partial charge in [-0.25, -0.2) is 0 Å². The molecule has 18 heavy (non-hydrogen) atoms. The molecule has 0 bridgehead atoms. The van der Waals surface area contributed by atoms with Gasteiger partial charge in [0.05, 0.1) is 0 Å². The number of hydrogen-bond donors (Lipinski definition) is 2. The molecule has 0 heterocycles. The van der Waals surface area contributed by atoms with Crippen LogP contribution in [-0.4, -0.2) is 12.5 Å². The van der Waals surface area contributed by atoms with Crippen LogP contribution in [-0.2, 0) is 0 Å². The van der Waals surface area contributed by atoms with Gasteiger partial charge < -0.3 is 11.1 Å². The zero-order valence-electron chi connectivity index (χ0n) is 11.0. The first-order valence-electron chi connectivity index (χ1n) is 6.81. The van der Waals surface area contributed by atoms with Crippen LogP contribution in [0.2, 0.25) is 0 Å². The van der Waals surface area contributed by atoms with Gasteiger partial charge in [0.2, 0.25) is 0 Å². The molecular weight excluding hydrogens is 224 g/mol. The number of carbonyl (C=O) groups excluding carboxylic acids is 1. The summed E-state index contributed by atoms with van der Waals surface area (Å²) in [5.74, 6) is 0.651. The Hall–Kier alpha value is -1.51. The van der Waals surface area contributed by atoms with Gasteiger partial charge in [0.1, 0.15) is 0 Å². The van der Waals surface area contributed by atoms with Gasteiger partial charge in [-0.15, -0.1) is 0 Å². The number of anilines is 1. The molecule has 1 saturated carbocycles. The highest BCUT2D eigenvalue weighted by Gasteiger charge is 2.15. The predicted molar refractivity (Wildman–Crippen MR) is 74.5 cm³/mol. The summed E-state index contributed by atoms with van der Waals surface area (Å²) in [6, 6.07) is 5.48. The number of nitrogens with two attached hydrogens (primary N) is 1. The average molecular weight is 246 g/mol. The van der Waals surface area contributed by atoms with Crippen LogP contribution in [0.15, 0.2) is 18.2 Å². The number of nitrogens with one attached hydrogen (secondary N) is 1. The number of amides is 1. The van der Waals surface area contributed by atoms with E-state index < -0.39 is 0 Å². The first kappa shape index (κ1) is 12.9. The standard InChI is InChI=1S/C15H22N2O/c1-11-7-8-13(9-14(11)16)15(18)17-10-12-5-3-2-4-6-12/h7-9,12H,2-6,10,16H2,1H3,(H,17,18). The van der Waals surface area contributed by atoms with Crippen molar-refractivity contribution in [1.82, 2.24) is 5.32 Å². The fourth-order valence-corrected chi connectivity index (χ4v) is 2.51. The summed E-state index contributed by atoms with van der Waals surface area (Å²) >= 11 is 0. The smallest absolute Gasteiger partial charge is 0.251 e. The Morgan fingerprint density at radius 2 is 2.06 bits per heavy atom. The van der Waals surface area contributed by atoms with Gasteiger partial charge in [0.15, 0.2) is 0 Å². The molecule has 1 aromatic carbocycles. The second-order valence-corrected chi connectivity index (χ2v) is 5.29. The van der Waals surface area contributed by atoms with E-state index in [1.165, 1.54) is 32.1 Å². The largest absolute Gasteiger partial charge is 0.398 e. The Labute approximate surface area is 109 Å². The summed E-state index contributed by atoms with van der Waals surface area (Å²) in [4.78, 5) is 12.0. The zero-order chi connectivity index (χ0) is 13.0. The third kappa shape index (κ3) is 3.25. The summed E-state index contributed by atoms with van der Waals surface area (Å²) in [6.45, 7) is 2.74. The van der Waals surface area contributed by atoms with E-state index in [1.54, 1.807) is 6.07 Å². The normalized spacial score (nSPS) is 16.5.